The Morgan fingerprint density at radius 3 is 1.73 bits per heavy atom. The first-order valence-corrected chi connectivity index (χ1v) is 7.79. The molecule has 118 valence electrons. The van der Waals surface area contributed by atoms with Crippen molar-refractivity contribution in [1.29, 1.82) is 0 Å². The van der Waals surface area contributed by atoms with Crippen molar-refractivity contribution in [2.45, 2.75) is 32.1 Å². The molecule has 3 nitrogen and oxygen atoms in total. The van der Waals surface area contributed by atoms with E-state index < -0.39 is 12.2 Å². The Morgan fingerprint density at radius 2 is 1.23 bits per heavy atom. The van der Waals surface area contributed by atoms with Crippen LogP contribution in [-0.2, 0) is 0 Å². The number of aliphatic hydroxyl groups is 2. The van der Waals surface area contributed by atoms with Gasteiger partial charge in [0.25, 0.3) is 0 Å². The zero-order valence-corrected chi connectivity index (χ0v) is 13.2. The van der Waals surface area contributed by atoms with Crippen molar-refractivity contribution >= 4 is 0 Å². The molecule has 0 saturated carbocycles. The second kappa shape index (κ2) is 8.08. The van der Waals surface area contributed by atoms with Crippen molar-refractivity contribution in [2.24, 2.45) is 5.92 Å². The number of hydrogen-bond donors (Lipinski definition) is 3. The van der Waals surface area contributed by atoms with Gasteiger partial charge in [-0.15, -0.1) is 0 Å². The van der Waals surface area contributed by atoms with Crippen LogP contribution in [0.25, 0.3) is 0 Å². The van der Waals surface area contributed by atoms with Gasteiger partial charge in [0.2, 0.25) is 0 Å². The van der Waals surface area contributed by atoms with Crippen LogP contribution in [0.1, 0.15) is 37.2 Å². The van der Waals surface area contributed by atoms with E-state index in [-0.39, 0.29) is 12.0 Å². The van der Waals surface area contributed by atoms with Crippen LogP contribution in [0.2, 0.25) is 0 Å². The fraction of sp³-hybridized carbons (Fsp3) is 0.368. The maximum atomic E-state index is 10.4. The first-order valence-electron chi connectivity index (χ1n) is 7.79. The van der Waals surface area contributed by atoms with E-state index in [1.54, 1.807) is 0 Å². The van der Waals surface area contributed by atoms with E-state index in [9.17, 15) is 10.2 Å². The Hall–Kier alpha value is -1.68. The molecule has 0 spiro atoms. The summed E-state index contributed by atoms with van der Waals surface area (Å²) in [5.41, 5.74) is 1.83. The highest BCUT2D eigenvalue weighted by molar-refractivity contribution is 5.19. The summed E-state index contributed by atoms with van der Waals surface area (Å²) in [5.74, 6) is 0.0628. The van der Waals surface area contributed by atoms with Gasteiger partial charge in [-0.3, -0.25) is 0 Å². The van der Waals surface area contributed by atoms with Gasteiger partial charge in [0.05, 0.1) is 12.2 Å². The molecule has 3 N–H and O–H groups in total. The topological polar surface area (TPSA) is 52.5 Å². The van der Waals surface area contributed by atoms with E-state index in [2.05, 4.69) is 5.32 Å². The maximum absolute atomic E-state index is 10.4. The molecule has 0 aromatic heterocycles. The highest BCUT2D eigenvalue weighted by atomic mass is 16.3. The SMILES string of the molecule is CC(CNC(C)C(O)c1ccccc1)C(O)c1ccccc1. The Balaban J connectivity index is 1.86. The lowest BCUT2D eigenvalue weighted by atomic mass is 9.96. The molecule has 0 aliphatic carbocycles. The zero-order chi connectivity index (χ0) is 15.9. The highest BCUT2D eigenvalue weighted by Gasteiger charge is 2.20. The lowest BCUT2D eigenvalue weighted by Crippen LogP contribution is -2.36. The smallest absolute Gasteiger partial charge is 0.0940 e. The molecule has 0 radical (unpaired) electrons. The van der Waals surface area contributed by atoms with Gasteiger partial charge >= 0.3 is 0 Å². The molecule has 2 rings (SSSR count). The molecule has 0 amide bonds. The number of aliphatic hydroxyl groups excluding tert-OH is 2. The van der Waals surface area contributed by atoms with Gasteiger partial charge in [-0.25, -0.2) is 0 Å². The number of benzene rings is 2. The van der Waals surface area contributed by atoms with Crippen LogP contribution in [0.15, 0.2) is 60.7 Å². The molecular formula is C19H25NO2. The van der Waals surface area contributed by atoms with Crippen molar-refractivity contribution in [3.05, 3.63) is 71.8 Å². The Morgan fingerprint density at radius 1 is 0.773 bits per heavy atom. The molecule has 3 heteroatoms. The molecule has 4 unspecified atom stereocenters. The second-order valence-electron chi connectivity index (χ2n) is 5.89. The molecule has 2 aromatic rings. The van der Waals surface area contributed by atoms with Crippen molar-refractivity contribution in [2.75, 3.05) is 6.54 Å². The Bertz CT molecular complexity index is 492. The van der Waals surface area contributed by atoms with Crippen molar-refractivity contribution < 1.29 is 10.2 Å². The summed E-state index contributed by atoms with van der Waals surface area (Å²) in [5, 5.41) is 24.0. The summed E-state index contributed by atoms with van der Waals surface area (Å²) in [7, 11) is 0. The normalized spacial score (nSPS) is 16.7. The minimum atomic E-state index is -0.553. The monoisotopic (exact) mass is 299 g/mol. The van der Waals surface area contributed by atoms with E-state index >= 15 is 0 Å². The molecule has 2 aromatic carbocycles. The minimum Gasteiger partial charge on any atom is -0.388 e. The fourth-order valence-corrected chi connectivity index (χ4v) is 2.51. The van der Waals surface area contributed by atoms with Gasteiger partial charge in [-0.2, -0.15) is 0 Å². The average Bonchev–Trinajstić information content (AvgIpc) is 2.59. The predicted molar refractivity (Wildman–Crippen MR) is 89.4 cm³/mol. The average molecular weight is 299 g/mol. The van der Waals surface area contributed by atoms with E-state index in [0.717, 1.165) is 11.1 Å². The number of rotatable bonds is 7. The predicted octanol–water partition coefficient (Wildman–Crippen LogP) is 3.07. The summed E-state index contributed by atoms with van der Waals surface area (Å²) in [6.45, 7) is 4.60. The molecule has 0 aliphatic rings. The van der Waals surface area contributed by atoms with E-state index in [1.165, 1.54) is 0 Å². The maximum Gasteiger partial charge on any atom is 0.0940 e. The van der Waals surface area contributed by atoms with Gasteiger partial charge in [0.1, 0.15) is 0 Å². The first-order chi connectivity index (χ1) is 10.6. The van der Waals surface area contributed by atoms with Crippen molar-refractivity contribution in [1.82, 2.24) is 5.32 Å². The third-order valence-electron chi connectivity index (χ3n) is 4.06. The summed E-state index contributed by atoms with van der Waals surface area (Å²) in [4.78, 5) is 0. The summed E-state index contributed by atoms with van der Waals surface area (Å²) in [6.07, 6.45) is -1.06. The molecule has 0 heterocycles. The van der Waals surface area contributed by atoms with Crippen LogP contribution >= 0.6 is 0 Å². The standard InChI is InChI=1S/C19H25NO2/c1-14(18(21)16-9-5-3-6-10-16)13-20-15(2)19(22)17-11-7-4-8-12-17/h3-12,14-15,18-22H,13H2,1-2H3. The Labute approximate surface area is 132 Å². The van der Waals surface area contributed by atoms with E-state index in [1.807, 2.05) is 74.5 Å². The second-order valence-corrected chi connectivity index (χ2v) is 5.89. The molecule has 4 atom stereocenters. The third kappa shape index (κ3) is 4.41. The molecular weight excluding hydrogens is 274 g/mol. The van der Waals surface area contributed by atoms with Gasteiger partial charge < -0.3 is 15.5 Å². The fourth-order valence-electron chi connectivity index (χ4n) is 2.51. The van der Waals surface area contributed by atoms with E-state index in [0.29, 0.717) is 6.54 Å². The third-order valence-corrected chi connectivity index (χ3v) is 4.06. The van der Waals surface area contributed by atoms with Crippen LogP contribution in [0.4, 0.5) is 0 Å². The van der Waals surface area contributed by atoms with Gasteiger partial charge in [-0.1, -0.05) is 67.6 Å². The molecule has 0 bridgehead atoms. The zero-order valence-electron chi connectivity index (χ0n) is 13.2. The van der Waals surface area contributed by atoms with Crippen LogP contribution in [-0.4, -0.2) is 22.8 Å². The van der Waals surface area contributed by atoms with Gasteiger partial charge in [0, 0.05) is 12.6 Å². The van der Waals surface area contributed by atoms with Crippen LogP contribution in [0, 0.1) is 5.92 Å². The largest absolute Gasteiger partial charge is 0.388 e. The van der Waals surface area contributed by atoms with E-state index in [4.69, 9.17) is 0 Å². The molecule has 0 fully saturated rings. The number of nitrogens with one attached hydrogen (secondary N) is 1. The molecule has 22 heavy (non-hydrogen) atoms. The summed E-state index contributed by atoms with van der Waals surface area (Å²) >= 11 is 0. The van der Waals surface area contributed by atoms with Crippen LogP contribution in [0.3, 0.4) is 0 Å². The molecule has 0 aliphatic heterocycles. The number of hydrogen-bond acceptors (Lipinski definition) is 3. The lowest BCUT2D eigenvalue weighted by Gasteiger charge is -2.25. The van der Waals surface area contributed by atoms with Crippen LogP contribution in [0.5, 0.6) is 0 Å². The van der Waals surface area contributed by atoms with Gasteiger partial charge in [-0.05, 0) is 24.0 Å². The minimum absolute atomic E-state index is 0.0628. The quantitative estimate of drug-likeness (QED) is 0.736. The van der Waals surface area contributed by atoms with Crippen LogP contribution < -0.4 is 5.32 Å². The lowest BCUT2D eigenvalue weighted by molar-refractivity contribution is 0.0997. The van der Waals surface area contributed by atoms with Crippen molar-refractivity contribution in [3.8, 4) is 0 Å². The summed E-state index contributed by atoms with van der Waals surface area (Å²) < 4.78 is 0. The molecule has 0 saturated heterocycles. The van der Waals surface area contributed by atoms with Crippen molar-refractivity contribution in [3.63, 3.8) is 0 Å². The highest BCUT2D eigenvalue weighted by Crippen LogP contribution is 2.22. The first kappa shape index (κ1) is 16.7. The Kier molecular flexibility index (Phi) is 6.13. The summed E-state index contributed by atoms with van der Waals surface area (Å²) in [6, 6.07) is 19.2. The van der Waals surface area contributed by atoms with Gasteiger partial charge in [0.15, 0.2) is 0 Å².